The Kier molecular flexibility index (Phi) is 14.8. The quantitative estimate of drug-likeness (QED) is 0.102. The number of fused-ring (bicyclic) bond motifs is 6. The zero-order valence-electron chi connectivity index (χ0n) is 43.1. The summed E-state index contributed by atoms with van der Waals surface area (Å²) in [5.74, 6) is 0. The van der Waals surface area contributed by atoms with Crippen LogP contribution in [0.1, 0.15) is 0 Å². The minimum absolute atomic E-state index is 0.239. The second-order valence-corrected chi connectivity index (χ2v) is 21.9. The first kappa shape index (κ1) is 54.9. The molecule has 0 aromatic carbocycles. The maximum Gasteiger partial charge on any atom is 0.187 e. The fraction of sp³-hybridized carbons (Fsp3) is 1.00. The van der Waals surface area contributed by atoms with Crippen LogP contribution in [0.5, 0.6) is 0 Å². The molecule has 0 spiro atoms. The summed E-state index contributed by atoms with van der Waals surface area (Å²) in [6.45, 7) is -1.67. The van der Waals surface area contributed by atoms with E-state index in [-0.39, 0.29) is 45.8 Å². The largest absolute Gasteiger partial charge is 0.361 e. The molecule has 84 heavy (non-hydrogen) atoms. The molecule has 22 saturated heterocycles. The van der Waals surface area contributed by atoms with Gasteiger partial charge in [0, 0.05) is 34.4 Å². The molecule has 0 aromatic rings. The van der Waals surface area contributed by atoms with Gasteiger partial charge in [0.1, 0.15) is 128 Å². The first-order valence-corrected chi connectivity index (χ1v) is 27.1. The Morgan fingerprint density at radius 3 is 0.417 bits per heavy atom. The standard InChI is InChI=1S/C42H49N21O21/c43-57-50-1-8-15-22-29(71-22)36(64-8)79-16-9(2-51-58-44)66-38(31-23(16)73-31)81-18-11(4-53-60-46)68-40(33-25(18)75-33)83-20-13(6-55-62-48)70-42(35-27(20)77-35)84-21-14(7-56-63-49)69-41(34-28(21)76-34)82-19-12(5-54-61-47)67-39(32-26(19)74-32)80-17-10(3-52-59-45)65-37(78-15)30-24(17)72-30/h8-42H,1-7H2/t8-,9-,10-,11-,12-,13-,14-,15-,16-,17-,18-,19-,20-,21-,22+,23+,24+,25+,26+,27+,28+,29+,30+,31+,32+,33+,34+,35+,36-,37-,38-,39-,40-,41-,42-/m1/s1. The molecule has 22 aliphatic heterocycles. The summed E-state index contributed by atoms with van der Waals surface area (Å²) in [6.07, 6.45) is -31.0. The van der Waals surface area contributed by atoms with Crippen LogP contribution in [0.3, 0.4) is 0 Å². The molecule has 0 aromatic heterocycles. The van der Waals surface area contributed by atoms with Gasteiger partial charge >= 0.3 is 0 Å². The van der Waals surface area contributed by atoms with Crippen molar-refractivity contribution in [3.05, 3.63) is 73.1 Å². The van der Waals surface area contributed by atoms with E-state index in [1.54, 1.807) is 0 Å². The second kappa shape index (κ2) is 22.6. The Morgan fingerprint density at radius 1 is 0.167 bits per heavy atom. The van der Waals surface area contributed by atoms with Crippen molar-refractivity contribution in [3.8, 4) is 0 Å². The predicted molar refractivity (Wildman–Crippen MR) is 253 cm³/mol. The highest BCUT2D eigenvalue weighted by molar-refractivity contribution is 5.13. The average molecular weight is 1180 g/mol. The van der Waals surface area contributed by atoms with E-state index in [0.717, 1.165) is 0 Å². The van der Waals surface area contributed by atoms with E-state index in [2.05, 4.69) is 70.2 Å². The molecule has 22 rings (SSSR count). The first-order chi connectivity index (χ1) is 41.3. The number of rotatable bonds is 14. The summed E-state index contributed by atoms with van der Waals surface area (Å²) in [7, 11) is 0. The van der Waals surface area contributed by atoms with Crippen molar-refractivity contribution in [3.63, 3.8) is 0 Å². The van der Waals surface area contributed by atoms with Crippen LogP contribution in [0, 0.1) is 0 Å². The van der Waals surface area contributed by atoms with Gasteiger partial charge in [-0.1, -0.05) is 35.8 Å². The molecule has 22 fully saturated rings. The van der Waals surface area contributed by atoms with E-state index in [0.29, 0.717) is 0 Å². The molecule has 0 amide bonds. The Hall–Kier alpha value is -5.67. The lowest BCUT2D eigenvalue weighted by molar-refractivity contribution is -0.307. The molecule has 0 unspecified atom stereocenters. The van der Waals surface area contributed by atoms with E-state index >= 15 is 0 Å². The molecule has 35 atom stereocenters. The van der Waals surface area contributed by atoms with Crippen molar-refractivity contribution in [1.82, 2.24) is 0 Å². The zero-order valence-corrected chi connectivity index (χ0v) is 43.1. The minimum Gasteiger partial charge on any atom is -0.361 e. The molecule has 448 valence electrons. The highest BCUT2D eigenvalue weighted by Gasteiger charge is 2.71. The van der Waals surface area contributed by atoms with Gasteiger partial charge in [0.15, 0.2) is 44.0 Å². The van der Waals surface area contributed by atoms with Gasteiger partial charge in [-0.2, -0.15) is 0 Å². The number of ether oxygens (including phenoxy) is 21. The highest BCUT2D eigenvalue weighted by Crippen LogP contribution is 2.52. The van der Waals surface area contributed by atoms with Gasteiger partial charge in [-0.3, -0.25) is 0 Å². The van der Waals surface area contributed by atoms with E-state index < -0.39 is 215 Å². The average Bonchev–Trinajstić information content (AvgIpc) is 2.22. The van der Waals surface area contributed by atoms with Gasteiger partial charge in [-0.25, -0.2) is 0 Å². The lowest BCUT2D eigenvalue weighted by Crippen LogP contribution is -2.58. The number of nitrogens with zero attached hydrogens (tertiary/aromatic N) is 21. The lowest BCUT2D eigenvalue weighted by atomic mass is 10.0. The summed E-state index contributed by atoms with van der Waals surface area (Å²) in [6, 6.07) is 0. The van der Waals surface area contributed by atoms with E-state index in [1.807, 2.05) is 0 Å². The van der Waals surface area contributed by atoms with Crippen LogP contribution in [0.4, 0.5) is 0 Å². The topological polar surface area (TPSA) is 558 Å². The van der Waals surface area contributed by atoms with E-state index in [9.17, 15) is 38.7 Å². The van der Waals surface area contributed by atoms with Crippen LogP contribution in [0.2, 0.25) is 0 Å². The fourth-order valence-corrected chi connectivity index (χ4v) is 13.0. The lowest BCUT2D eigenvalue weighted by Gasteiger charge is -2.41. The molecular weight excluding hydrogens is 1130 g/mol. The number of azide groups is 7. The van der Waals surface area contributed by atoms with Gasteiger partial charge in [0.05, 0.1) is 88.5 Å². The van der Waals surface area contributed by atoms with Crippen molar-refractivity contribution in [2.75, 3.05) is 45.8 Å². The summed E-state index contributed by atoms with van der Waals surface area (Å²) in [5.41, 5.74) is 66.1. The minimum atomic E-state index is -1.11. The molecular formula is C42H49N21O21. The third-order valence-corrected chi connectivity index (χ3v) is 17.1. The Morgan fingerprint density at radius 2 is 0.298 bits per heavy atom. The fourth-order valence-electron chi connectivity index (χ4n) is 13.0. The van der Waals surface area contributed by atoms with Crippen molar-refractivity contribution in [2.24, 2.45) is 35.8 Å². The molecule has 42 nitrogen and oxygen atoms in total. The van der Waals surface area contributed by atoms with Gasteiger partial charge < -0.3 is 99.5 Å². The molecule has 14 bridgehead atoms. The van der Waals surface area contributed by atoms with Crippen LogP contribution in [0.25, 0.3) is 73.1 Å². The summed E-state index contributed by atoms with van der Waals surface area (Å²) < 4.78 is 134. The van der Waals surface area contributed by atoms with Crippen LogP contribution >= 0.6 is 0 Å². The zero-order chi connectivity index (χ0) is 56.9. The number of hydrogen-bond acceptors (Lipinski definition) is 28. The number of epoxide rings is 7. The maximum absolute atomic E-state index is 9.44. The monoisotopic (exact) mass is 1180 g/mol. The molecule has 0 aliphatic carbocycles. The molecule has 22 heterocycles. The van der Waals surface area contributed by atoms with Crippen molar-refractivity contribution < 1.29 is 99.5 Å². The van der Waals surface area contributed by atoms with Crippen LogP contribution in [-0.4, -0.2) is 261 Å². The predicted octanol–water partition coefficient (Wildman–Crippen LogP) is 1.31. The Balaban J connectivity index is 0.717. The Bertz CT molecular complexity index is 2380. The van der Waals surface area contributed by atoms with Crippen LogP contribution < -0.4 is 0 Å². The van der Waals surface area contributed by atoms with Crippen molar-refractivity contribution >= 4 is 0 Å². The molecule has 42 heteroatoms. The van der Waals surface area contributed by atoms with Gasteiger partial charge in [0.2, 0.25) is 0 Å². The molecule has 0 N–H and O–H groups in total. The highest BCUT2D eigenvalue weighted by atomic mass is 16.8. The molecule has 22 aliphatic rings. The normalized spacial score (nSPS) is 53.2. The third-order valence-electron chi connectivity index (χ3n) is 17.1. The number of hydrogen-bond donors (Lipinski definition) is 0. The van der Waals surface area contributed by atoms with Crippen molar-refractivity contribution in [1.29, 1.82) is 0 Å². The molecule has 0 saturated carbocycles. The van der Waals surface area contributed by atoms with Gasteiger partial charge in [-0.05, 0) is 38.7 Å². The van der Waals surface area contributed by atoms with E-state index in [1.165, 1.54) is 0 Å². The van der Waals surface area contributed by atoms with Crippen LogP contribution in [-0.2, 0) is 99.5 Å². The van der Waals surface area contributed by atoms with E-state index in [4.69, 9.17) is 99.5 Å². The van der Waals surface area contributed by atoms with Gasteiger partial charge in [0.25, 0.3) is 0 Å². The summed E-state index contributed by atoms with van der Waals surface area (Å²) in [4.78, 5) is 20.6. The second-order valence-electron chi connectivity index (χ2n) is 21.9. The van der Waals surface area contributed by atoms with Crippen molar-refractivity contribution in [2.45, 2.75) is 215 Å². The summed E-state index contributed by atoms with van der Waals surface area (Å²) in [5, 5.41) is 26.5. The SMILES string of the molecule is [N-]=[N+]=NC[C@H]1O[C@@H]2O[C@H]3[C@@H]4O[C@@H]4[C@@H](O[C@H]4[C@@H]5O[C@@H]5[C@@H](O[C@H]5[C@@H]6O[C@@H]6[C@@H](O[C@H]6[C@@H]7O[C@@H]7[C@@H](O[C@H]7[C@@H]8O[C@@H]8[C@@H](O[C@H]8[C@@H]9O[C@@H]9[C@@H](O[C@H]1[C@@H]1O[C@H]21)O[C@@H]8CN=[N+]=[N-])O[C@@H]7CN=[N+]=[N-])O[C@@H]6CN=[N+]=[N-])O[C@@H]5CN=[N+]=[N-])O[C@@H]4CN=[N+]=[N-])O[C@@H]3CN=[N+]=[N-]. The van der Waals surface area contributed by atoms with Gasteiger partial charge in [-0.15, -0.1) is 0 Å². The Labute approximate surface area is 468 Å². The first-order valence-electron chi connectivity index (χ1n) is 27.1. The molecule has 0 radical (unpaired) electrons. The van der Waals surface area contributed by atoms with Crippen LogP contribution in [0.15, 0.2) is 35.8 Å². The third kappa shape index (κ3) is 10.4. The summed E-state index contributed by atoms with van der Waals surface area (Å²) >= 11 is 0. The maximum atomic E-state index is 9.44. The smallest absolute Gasteiger partial charge is 0.187 e.